The Hall–Kier alpha value is -3.75. The standard InChI is InChI=1S/C22H22N4O5/c1-2-10-26-19(23)18(20(28)25-22(26)30)16(27)11-31-21(29)17-12-6-3-4-8-14(12)24-15-9-5-7-13(15)17/h3-4,6,8H,2,5,7,9-11,23H2,1H3,(H,25,28,30). The summed E-state index contributed by atoms with van der Waals surface area (Å²) in [7, 11) is 0. The van der Waals surface area contributed by atoms with Crippen LogP contribution in [-0.4, -0.2) is 32.9 Å². The highest BCUT2D eigenvalue weighted by Gasteiger charge is 2.26. The fourth-order valence-electron chi connectivity index (χ4n) is 4.02. The zero-order chi connectivity index (χ0) is 22.1. The Morgan fingerprint density at radius 3 is 2.74 bits per heavy atom. The molecule has 0 unspecified atom stereocenters. The van der Waals surface area contributed by atoms with E-state index >= 15 is 0 Å². The number of rotatable bonds is 6. The monoisotopic (exact) mass is 422 g/mol. The third-order valence-corrected chi connectivity index (χ3v) is 5.42. The number of hydrogen-bond donors (Lipinski definition) is 2. The maximum Gasteiger partial charge on any atom is 0.339 e. The summed E-state index contributed by atoms with van der Waals surface area (Å²) in [5.41, 5.74) is 6.74. The normalized spacial score (nSPS) is 12.7. The van der Waals surface area contributed by atoms with E-state index in [4.69, 9.17) is 10.5 Å². The zero-order valence-electron chi connectivity index (χ0n) is 17.1. The molecular weight excluding hydrogens is 400 g/mol. The third kappa shape index (κ3) is 3.63. The van der Waals surface area contributed by atoms with E-state index in [9.17, 15) is 19.2 Å². The molecule has 160 valence electrons. The molecule has 0 spiro atoms. The van der Waals surface area contributed by atoms with Crippen molar-refractivity contribution in [2.24, 2.45) is 0 Å². The lowest BCUT2D eigenvalue weighted by molar-refractivity contribution is 0.0475. The lowest BCUT2D eigenvalue weighted by Crippen LogP contribution is -2.37. The minimum absolute atomic E-state index is 0.230. The summed E-state index contributed by atoms with van der Waals surface area (Å²) in [6.07, 6.45) is 2.96. The number of nitrogen functional groups attached to an aromatic ring is 1. The first-order valence-corrected chi connectivity index (χ1v) is 10.2. The number of carbonyl (C=O) groups excluding carboxylic acids is 2. The van der Waals surface area contributed by atoms with Crippen LogP contribution in [0.5, 0.6) is 0 Å². The second-order valence-electron chi connectivity index (χ2n) is 7.45. The van der Waals surface area contributed by atoms with Crippen LogP contribution in [0.3, 0.4) is 0 Å². The van der Waals surface area contributed by atoms with Crippen LogP contribution in [0, 0.1) is 0 Å². The highest BCUT2D eigenvalue weighted by Crippen LogP contribution is 2.30. The minimum atomic E-state index is -0.897. The molecule has 0 saturated heterocycles. The average molecular weight is 422 g/mol. The predicted molar refractivity (Wildman–Crippen MR) is 114 cm³/mol. The van der Waals surface area contributed by atoms with Crippen LogP contribution in [0.15, 0.2) is 33.9 Å². The summed E-state index contributed by atoms with van der Waals surface area (Å²) < 4.78 is 6.43. The number of aromatic nitrogens is 3. The van der Waals surface area contributed by atoms with Crippen LogP contribution in [0.25, 0.3) is 10.9 Å². The number of pyridine rings is 1. The van der Waals surface area contributed by atoms with Gasteiger partial charge in [-0.15, -0.1) is 0 Å². The SMILES string of the molecule is CCCn1c(N)c(C(=O)COC(=O)c2c3c(nc4ccccc24)CCC3)c(=O)[nH]c1=O. The second kappa shape index (κ2) is 8.17. The fraction of sp³-hybridized carbons (Fsp3) is 0.318. The fourth-order valence-corrected chi connectivity index (χ4v) is 4.02. The highest BCUT2D eigenvalue weighted by molar-refractivity contribution is 6.07. The van der Waals surface area contributed by atoms with Crippen LogP contribution < -0.4 is 17.0 Å². The summed E-state index contributed by atoms with van der Waals surface area (Å²) in [6, 6.07) is 7.27. The van der Waals surface area contributed by atoms with Crippen molar-refractivity contribution < 1.29 is 14.3 Å². The van der Waals surface area contributed by atoms with Gasteiger partial charge >= 0.3 is 11.7 Å². The maximum atomic E-state index is 13.0. The molecule has 31 heavy (non-hydrogen) atoms. The number of nitrogens with two attached hydrogens (primary N) is 1. The van der Waals surface area contributed by atoms with Gasteiger partial charge in [0.05, 0.1) is 11.1 Å². The zero-order valence-corrected chi connectivity index (χ0v) is 17.1. The lowest BCUT2D eigenvalue weighted by Gasteiger charge is -2.13. The molecule has 1 aliphatic rings. The molecule has 0 fully saturated rings. The summed E-state index contributed by atoms with van der Waals surface area (Å²) >= 11 is 0. The number of fused-ring (bicyclic) bond motifs is 2. The molecule has 0 saturated carbocycles. The number of esters is 1. The largest absolute Gasteiger partial charge is 0.454 e. The van der Waals surface area contributed by atoms with E-state index in [1.807, 2.05) is 25.1 Å². The van der Waals surface area contributed by atoms with E-state index in [2.05, 4.69) is 9.97 Å². The summed E-state index contributed by atoms with van der Waals surface area (Å²) in [4.78, 5) is 56.5. The molecule has 9 heteroatoms. The van der Waals surface area contributed by atoms with Gasteiger partial charge in [0, 0.05) is 17.6 Å². The number of ketones is 1. The molecule has 0 radical (unpaired) electrons. The van der Waals surface area contributed by atoms with Crippen molar-refractivity contribution in [3.05, 3.63) is 67.5 Å². The number of benzene rings is 1. The minimum Gasteiger partial charge on any atom is -0.454 e. The molecule has 1 aliphatic carbocycles. The van der Waals surface area contributed by atoms with Crippen molar-refractivity contribution in [2.75, 3.05) is 12.3 Å². The Bertz CT molecular complexity index is 1320. The first-order chi connectivity index (χ1) is 14.9. The van der Waals surface area contributed by atoms with E-state index < -0.39 is 29.6 Å². The number of para-hydroxylation sites is 1. The number of hydrogen-bond acceptors (Lipinski definition) is 7. The van der Waals surface area contributed by atoms with E-state index in [-0.39, 0.29) is 17.9 Å². The molecule has 9 nitrogen and oxygen atoms in total. The Kier molecular flexibility index (Phi) is 5.41. The van der Waals surface area contributed by atoms with E-state index in [1.165, 1.54) is 0 Å². The summed E-state index contributed by atoms with van der Waals surface area (Å²) in [6.45, 7) is 1.41. The van der Waals surface area contributed by atoms with Gasteiger partial charge in [-0.05, 0) is 37.3 Å². The molecule has 2 heterocycles. The average Bonchev–Trinajstić information content (AvgIpc) is 3.21. The first kappa shape index (κ1) is 20.5. The van der Waals surface area contributed by atoms with Gasteiger partial charge in [-0.1, -0.05) is 25.1 Å². The van der Waals surface area contributed by atoms with E-state index in [0.29, 0.717) is 29.3 Å². The number of Topliss-reactive ketones (excluding diaryl/α,β-unsaturated/α-hetero) is 1. The van der Waals surface area contributed by atoms with Gasteiger partial charge < -0.3 is 10.5 Å². The van der Waals surface area contributed by atoms with Crippen molar-refractivity contribution >= 4 is 28.5 Å². The van der Waals surface area contributed by atoms with Gasteiger partial charge in [-0.2, -0.15) is 0 Å². The van der Waals surface area contributed by atoms with Crippen LogP contribution in [-0.2, 0) is 24.1 Å². The molecule has 4 rings (SSSR count). The van der Waals surface area contributed by atoms with Gasteiger partial charge in [-0.3, -0.25) is 24.1 Å². The highest BCUT2D eigenvalue weighted by atomic mass is 16.5. The number of ether oxygens (including phenoxy) is 1. The van der Waals surface area contributed by atoms with E-state index in [0.717, 1.165) is 28.7 Å². The molecule has 3 N–H and O–H groups in total. The maximum absolute atomic E-state index is 13.0. The Balaban J connectivity index is 1.64. The van der Waals surface area contributed by atoms with Crippen molar-refractivity contribution in [1.29, 1.82) is 0 Å². The Morgan fingerprint density at radius 2 is 1.97 bits per heavy atom. The topological polar surface area (TPSA) is 137 Å². The van der Waals surface area contributed by atoms with Crippen molar-refractivity contribution in [1.82, 2.24) is 14.5 Å². The molecule has 0 aliphatic heterocycles. The molecule has 2 aromatic heterocycles. The van der Waals surface area contributed by atoms with Gasteiger partial charge in [0.1, 0.15) is 11.4 Å². The van der Waals surface area contributed by atoms with Crippen molar-refractivity contribution in [3.63, 3.8) is 0 Å². The number of H-pyrrole nitrogens is 1. The summed E-state index contributed by atoms with van der Waals surface area (Å²) in [5.74, 6) is -1.65. The molecule has 0 atom stereocenters. The van der Waals surface area contributed by atoms with Crippen LogP contribution in [0.2, 0.25) is 0 Å². The van der Waals surface area contributed by atoms with Gasteiger partial charge in [-0.25, -0.2) is 9.59 Å². The van der Waals surface area contributed by atoms with Gasteiger partial charge in [0.15, 0.2) is 6.61 Å². The summed E-state index contributed by atoms with van der Waals surface area (Å²) in [5, 5.41) is 0.662. The molecular formula is C22H22N4O5. The quantitative estimate of drug-likeness (QED) is 0.455. The number of nitrogens with zero attached hydrogens (tertiary/aromatic N) is 2. The predicted octanol–water partition coefficient (Wildman–Crippen LogP) is 1.61. The van der Waals surface area contributed by atoms with Crippen molar-refractivity contribution in [2.45, 2.75) is 39.2 Å². The first-order valence-electron chi connectivity index (χ1n) is 10.2. The third-order valence-electron chi connectivity index (χ3n) is 5.42. The van der Waals surface area contributed by atoms with Gasteiger partial charge in [0.25, 0.3) is 5.56 Å². The smallest absolute Gasteiger partial charge is 0.339 e. The van der Waals surface area contributed by atoms with Gasteiger partial charge in [0.2, 0.25) is 5.78 Å². The molecule has 1 aromatic carbocycles. The number of carbonyl (C=O) groups is 2. The number of aromatic amines is 1. The number of aryl methyl sites for hydroxylation is 1. The second-order valence-corrected chi connectivity index (χ2v) is 7.45. The number of nitrogens with one attached hydrogen (secondary N) is 1. The van der Waals surface area contributed by atoms with E-state index in [1.54, 1.807) is 6.07 Å². The Morgan fingerprint density at radius 1 is 1.19 bits per heavy atom. The molecule has 3 aromatic rings. The van der Waals surface area contributed by atoms with Crippen LogP contribution in [0.1, 0.15) is 51.7 Å². The number of anilines is 1. The molecule has 0 bridgehead atoms. The molecule has 0 amide bonds. The lowest BCUT2D eigenvalue weighted by atomic mass is 10.0. The van der Waals surface area contributed by atoms with Crippen molar-refractivity contribution in [3.8, 4) is 0 Å². The van der Waals surface area contributed by atoms with Crippen LogP contribution >= 0.6 is 0 Å². The Labute approximate surface area is 176 Å². The van der Waals surface area contributed by atoms with Crippen LogP contribution in [0.4, 0.5) is 5.82 Å².